The molecular formula is C14H11F3OS. The Labute approximate surface area is 113 Å². The summed E-state index contributed by atoms with van der Waals surface area (Å²) in [6, 6.07) is 9.12. The minimum atomic E-state index is -1.12. The molecule has 0 radical (unpaired) electrons. The van der Waals surface area contributed by atoms with Crippen LogP contribution >= 0.6 is 11.8 Å². The van der Waals surface area contributed by atoms with E-state index in [0.29, 0.717) is 11.0 Å². The molecule has 0 aliphatic rings. The van der Waals surface area contributed by atoms with Crippen molar-refractivity contribution in [1.29, 1.82) is 0 Å². The van der Waals surface area contributed by atoms with Gasteiger partial charge in [-0.05, 0) is 18.2 Å². The maximum atomic E-state index is 13.4. The molecule has 0 fully saturated rings. The molecule has 1 unspecified atom stereocenters. The lowest BCUT2D eigenvalue weighted by Crippen LogP contribution is -2.04. The topological polar surface area (TPSA) is 20.2 Å². The Morgan fingerprint density at radius 2 is 1.74 bits per heavy atom. The van der Waals surface area contributed by atoms with Gasteiger partial charge in [-0.15, -0.1) is 11.8 Å². The molecule has 1 atom stereocenters. The predicted molar refractivity (Wildman–Crippen MR) is 68.4 cm³/mol. The van der Waals surface area contributed by atoms with Crippen LogP contribution < -0.4 is 0 Å². The van der Waals surface area contributed by atoms with Crippen LogP contribution in [-0.4, -0.2) is 10.9 Å². The largest absolute Gasteiger partial charge is 0.387 e. The summed E-state index contributed by atoms with van der Waals surface area (Å²) < 4.78 is 39.5. The van der Waals surface area contributed by atoms with Gasteiger partial charge in [0.15, 0.2) is 0 Å². The van der Waals surface area contributed by atoms with Crippen LogP contribution in [0.5, 0.6) is 0 Å². The molecule has 5 heteroatoms. The van der Waals surface area contributed by atoms with Gasteiger partial charge in [-0.1, -0.05) is 18.2 Å². The maximum absolute atomic E-state index is 13.4. The zero-order chi connectivity index (χ0) is 13.8. The van der Waals surface area contributed by atoms with Crippen LogP contribution in [0.4, 0.5) is 13.2 Å². The minimum Gasteiger partial charge on any atom is -0.387 e. The quantitative estimate of drug-likeness (QED) is 0.858. The van der Waals surface area contributed by atoms with E-state index in [4.69, 9.17) is 0 Å². The monoisotopic (exact) mass is 284 g/mol. The second-order valence-corrected chi connectivity index (χ2v) is 4.98. The van der Waals surface area contributed by atoms with Crippen molar-refractivity contribution in [1.82, 2.24) is 0 Å². The lowest BCUT2D eigenvalue weighted by atomic mass is 10.1. The van der Waals surface area contributed by atoms with Crippen LogP contribution in [0.1, 0.15) is 11.7 Å². The van der Waals surface area contributed by atoms with Gasteiger partial charge in [-0.3, -0.25) is 0 Å². The van der Waals surface area contributed by atoms with Gasteiger partial charge >= 0.3 is 0 Å². The van der Waals surface area contributed by atoms with E-state index in [1.807, 2.05) is 0 Å². The third-order valence-corrected chi connectivity index (χ3v) is 3.68. The second-order valence-electron chi connectivity index (χ2n) is 3.92. The Hall–Kier alpha value is -1.46. The molecule has 0 heterocycles. The first-order valence-corrected chi connectivity index (χ1v) is 6.57. The summed E-state index contributed by atoms with van der Waals surface area (Å²) in [4.78, 5) is 0.379. The van der Waals surface area contributed by atoms with E-state index in [9.17, 15) is 18.3 Å². The van der Waals surface area contributed by atoms with Crippen LogP contribution in [0, 0.1) is 17.5 Å². The zero-order valence-corrected chi connectivity index (χ0v) is 10.6. The van der Waals surface area contributed by atoms with Crippen LogP contribution in [0.15, 0.2) is 47.4 Å². The van der Waals surface area contributed by atoms with E-state index >= 15 is 0 Å². The average Bonchev–Trinajstić information content (AvgIpc) is 2.37. The Bertz CT molecular complexity index is 574. The van der Waals surface area contributed by atoms with Crippen molar-refractivity contribution in [2.24, 2.45) is 0 Å². The molecule has 0 aromatic heterocycles. The fraction of sp³-hybridized carbons (Fsp3) is 0.143. The molecule has 0 bridgehead atoms. The molecule has 0 aliphatic heterocycles. The number of benzene rings is 2. The number of hydrogen-bond acceptors (Lipinski definition) is 2. The molecule has 0 amide bonds. The summed E-state index contributed by atoms with van der Waals surface area (Å²) in [5, 5.41) is 9.84. The number of hydrogen-bond donors (Lipinski definition) is 1. The Morgan fingerprint density at radius 1 is 1.00 bits per heavy atom. The molecule has 100 valence electrons. The van der Waals surface area contributed by atoms with Crippen molar-refractivity contribution in [3.8, 4) is 0 Å². The van der Waals surface area contributed by atoms with E-state index in [1.54, 1.807) is 18.2 Å². The van der Waals surface area contributed by atoms with Crippen molar-refractivity contribution < 1.29 is 18.3 Å². The second kappa shape index (κ2) is 6.12. The number of aliphatic hydroxyl groups is 1. The van der Waals surface area contributed by atoms with Crippen LogP contribution in [-0.2, 0) is 0 Å². The van der Waals surface area contributed by atoms with E-state index in [2.05, 4.69) is 0 Å². The highest BCUT2D eigenvalue weighted by atomic mass is 32.2. The van der Waals surface area contributed by atoms with Crippen LogP contribution in [0.25, 0.3) is 0 Å². The molecule has 0 spiro atoms. The zero-order valence-electron chi connectivity index (χ0n) is 9.82. The van der Waals surface area contributed by atoms with E-state index in [1.165, 1.54) is 12.1 Å². The molecule has 1 N–H and O–H groups in total. The predicted octanol–water partition coefficient (Wildman–Crippen LogP) is 3.93. The first-order valence-electron chi connectivity index (χ1n) is 5.58. The van der Waals surface area contributed by atoms with Crippen molar-refractivity contribution in [3.63, 3.8) is 0 Å². The van der Waals surface area contributed by atoms with Gasteiger partial charge in [-0.25, -0.2) is 13.2 Å². The summed E-state index contributed by atoms with van der Waals surface area (Å²) in [5.41, 5.74) is 0.00485. The molecule has 2 aromatic rings. The summed E-state index contributed by atoms with van der Waals surface area (Å²) in [6.45, 7) is 0. The van der Waals surface area contributed by atoms with Crippen molar-refractivity contribution >= 4 is 11.8 Å². The van der Waals surface area contributed by atoms with Crippen molar-refractivity contribution in [2.75, 3.05) is 5.75 Å². The van der Waals surface area contributed by atoms with Gasteiger partial charge < -0.3 is 5.11 Å². The number of aliphatic hydroxyl groups excluding tert-OH is 1. The standard InChI is InChI=1S/C14H11F3OS/c15-9-5-6-10(12(17)7-9)13(18)8-19-14-4-2-1-3-11(14)16/h1-7,13,18H,8H2. The Balaban J connectivity index is 2.05. The summed E-state index contributed by atoms with van der Waals surface area (Å²) in [6.07, 6.45) is -1.12. The van der Waals surface area contributed by atoms with Gasteiger partial charge in [0.1, 0.15) is 17.5 Å². The molecule has 0 saturated heterocycles. The number of halogens is 3. The normalized spacial score (nSPS) is 12.4. The molecule has 0 saturated carbocycles. The highest BCUT2D eigenvalue weighted by Gasteiger charge is 2.14. The Morgan fingerprint density at radius 3 is 2.42 bits per heavy atom. The number of thioether (sulfide) groups is 1. The molecule has 0 aliphatic carbocycles. The fourth-order valence-corrected chi connectivity index (χ4v) is 2.49. The molecular weight excluding hydrogens is 273 g/mol. The first-order chi connectivity index (χ1) is 9.08. The molecule has 1 nitrogen and oxygen atoms in total. The fourth-order valence-electron chi connectivity index (χ4n) is 1.59. The highest BCUT2D eigenvalue weighted by molar-refractivity contribution is 7.99. The molecule has 2 aromatic carbocycles. The third kappa shape index (κ3) is 3.52. The van der Waals surface area contributed by atoms with E-state index in [0.717, 1.165) is 17.8 Å². The lowest BCUT2D eigenvalue weighted by molar-refractivity contribution is 0.198. The number of rotatable bonds is 4. The van der Waals surface area contributed by atoms with E-state index < -0.39 is 17.7 Å². The van der Waals surface area contributed by atoms with Gasteiger partial charge in [0, 0.05) is 22.3 Å². The minimum absolute atomic E-state index is 0.00485. The maximum Gasteiger partial charge on any atom is 0.136 e. The summed E-state index contributed by atoms with van der Waals surface area (Å²) in [7, 11) is 0. The Kier molecular flexibility index (Phi) is 4.50. The SMILES string of the molecule is OC(CSc1ccccc1F)c1ccc(F)cc1F. The smallest absolute Gasteiger partial charge is 0.136 e. The lowest BCUT2D eigenvalue weighted by Gasteiger charge is -2.12. The van der Waals surface area contributed by atoms with Gasteiger partial charge in [0.05, 0.1) is 6.10 Å². The van der Waals surface area contributed by atoms with E-state index in [-0.39, 0.29) is 17.1 Å². The summed E-state index contributed by atoms with van der Waals surface area (Å²) >= 11 is 1.08. The average molecular weight is 284 g/mol. The van der Waals surface area contributed by atoms with Crippen LogP contribution in [0.3, 0.4) is 0 Å². The third-order valence-electron chi connectivity index (χ3n) is 2.55. The van der Waals surface area contributed by atoms with Gasteiger partial charge in [-0.2, -0.15) is 0 Å². The van der Waals surface area contributed by atoms with Crippen molar-refractivity contribution in [2.45, 2.75) is 11.0 Å². The van der Waals surface area contributed by atoms with Crippen molar-refractivity contribution in [3.05, 3.63) is 65.5 Å². The van der Waals surface area contributed by atoms with Crippen LogP contribution in [0.2, 0.25) is 0 Å². The molecule has 2 rings (SSSR count). The highest BCUT2D eigenvalue weighted by Crippen LogP contribution is 2.27. The van der Waals surface area contributed by atoms with Gasteiger partial charge in [0.25, 0.3) is 0 Å². The van der Waals surface area contributed by atoms with Gasteiger partial charge in [0.2, 0.25) is 0 Å². The molecule has 19 heavy (non-hydrogen) atoms. The first kappa shape index (κ1) is 14.0. The summed E-state index contributed by atoms with van der Waals surface area (Å²) in [5.74, 6) is -1.81.